The van der Waals surface area contributed by atoms with Crippen molar-refractivity contribution in [3.8, 4) is 0 Å². The molecule has 0 unspecified atom stereocenters. The van der Waals surface area contributed by atoms with Crippen LogP contribution < -0.4 is 10.6 Å². The SMILES string of the molecule is CCOC(=O)N1CCC(NC(=O)c2cc(NC(C)C)ccn2)CC1. The molecule has 24 heavy (non-hydrogen) atoms. The fraction of sp³-hybridized carbons (Fsp3) is 0.588. The average Bonchev–Trinajstić information content (AvgIpc) is 2.55. The van der Waals surface area contributed by atoms with E-state index in [1.807, 2.05) is 19.9 Å². The number of carbonyl (C=O) groups is 2. The first-order valence-electron chi connectivity index (χ1n) is 8.44. The maximum Gasteiger partial charge on any atom is 0.409 e. The lowest BCUT2D eigenvalue weighted by Crippen LogP contribution is -2.46. The Hall–Kier alpha value is -2.31. The molecular formula is C17H26N4O3. The van der Waals surface area contributed by atoms with E-state index in [4.69, 9.17) is 4.74 Å². The van der Waals surface area contributed by atoms with Gasteiger partial charge in [-0.25, -0.2) is 4.79 Å². The predicted molar refractivity (Wildman–Crippen MR) is 92.1 cm³/mol. The Morgan fingerprint density at radius 3 is 2.71 bits per heavy atom. The summed E-state index contributed by atoms with van der Waals surface area (Å²) < 4.78 is 4.99. The summed E-state index contributed by atoms with van der Waals surface area (Å²) in [6.07, 6.45) is 2.78. The Bertz CT molecular complexity index is 569. The number of piperidine rings is 1. The summed E-state index contributed by atoms with van der Waals surface area (Å²) in [7, 11) is 0. The van der Waals surface area contributed by atoms with Crippen LogP contribution in [0.5, 0.6) is 0 Å². The zero-order valence-electron chi connectivity index (χ0n) is 14.5. The second-order valence-electron chi connectivity index (χ2n) is 6.16. The molecule has 2 amide bonds. The second kappa shape index (κ2) is 8.52. The number of hydrogen-bond donors (Lipinski definition) is 2. The molecule has 7 nitrogen and oxygen atoms in total. The van der Waals surface area contributed by atoms with E-state index in [2.05, 4.69) is 15.6 Å². The van der Waals surface area contributed by atoms with Crippen LogP contribution >= 0.6 is 0 Å². The third-order valence-electron chi connectivity index (χ3n) is 3.80. The van der Waals surface area contributed by atoms with E-state index < -0.39 is 0 Å². The van der Waals surface area contributed by atoms with Gasteiger partial charge in [-0.15, -0.1) is 0 Å². The van der Waals surface area contributed by atoms with Gasteiger partial charge in [0.15, 0.2) is 0 Å². The fourth-order valence-corrected chi connectivity index (χ4v) is 2.66. The third-order valence-corrected chi connectivity index (χ3v) is 3.80. The summed E-state index contributed by atoms with van der Waals surface area (Å²) in [6.45, 7) is 7.43. The molecule has 0 bridgehead atoms. The Morgan fingerprint density at radius 1 is 1.38 bits per heavy atom. The highest BCUT2D eigenvalue weighted by Crippen LogP contribution is 2.13. The van der Waals surface area contributed by atoms with Gasteiger partial charge in [0.1, 0.15) is 5.69 Å². The molecule has 0 atom stereocenters. The van der Waals surface area contributed by atoms with Crippen molar-refractivity contribution in [1.29, 1.82) is 0 Å². The van der Waals surface area contributed by atoms with Crippen LogP contribution in [0.1, 0.15) is 44.1 Å². The van der Waals surface area contributed by atoms with Crippen LogP contribution in [0.4, 0.5) is 10.5 Å². The lowest BCUT2D eigenvalue weighted by atomic mass is 10.1. The number of hydrogen-bond acceptors (Lipinski definition) is 5. The van der Waals surface area contributed by atoms with Crippen LogP contribution in [0.25, 0.3) is 0 Å². The van der Waals surface area contributed by atoms with Gasteiger partial charge in [-0.3, -0.25) is 9.78 Å². The maximum absolute atomic E-state index is 12.4. The number of ether oxygens (including phenoxy) is 1. The monoisotopic (exact) mass is 334 g/mol. The van der Waals surface area contributed by atoms with Crippen molar-refractivity contribution in [2.45, 2.75) is 45.7 Å². The highest BCUT2D eigenvalue weighted by molar-refractivity contribution is 5.93. The smallest absolute Gasteiger partial charge is 0.409 e. The van der Waals surface area contributed by atoms with Crippen LogP contribution in [0.3, 0.4) is 0 Å². The summed E-state index contributed by atoms with van der Waals surface area (Å²) in [5, 5.41) is 6.25. The molecule has 1 saturated heterocycles. The van der Waals surface area contributed by atoms with Crippen molar-refractivity contribution in [2.24, 2.45) is 0 Å². The molecule has 0 spiro atoms. The summed E-state index contributed by atoms with van der Waals surface area (Å²) in [4.78, 5) is 29.9. The molecule has 1 aromatic rings. The first kappa shape index (κ1) is 18.0. The van der Waals surface area contributed by atoms with Crippen molar-refractivity contribution in [3.05, 3.63) is 24.0 Å². The Balaban J connectivity index is 1.86. The molecule has 2 N–H and O–H groups in total. The second-order valence-corrected chi connectivity index (χ2v) is 6.16. The quantitative estimate of drug-likeness (QED) is 0.863. The molecular weight excluding hydrogens is 308 g/mol. The van der Waals surface area contributed by atoms with E-state index in [1.54, 1.807) is 24.1 Å². The predicted octanol–water partition coefficient (Wildman–Crippen LogP) is 2.25. The van der Waals surface area contributed by atoms with Gasteiger partial charge in [-0.05, 0) is 45.7 Å². The molecule has 0 radical (unpaired) electrons. The van der Waals surface area contributed by atoms with Gasteiger partial charge in [0.05, 0.1) is 6.61 Å². The number of pyridine rings is 1. The minimum Gasteiger partial charge on any atom is -0.450 e. The minimum absolute atomic E-state index is 0.0479. The fourth-order valence-electron chi connectivity index (χ4n) is 2.66. The van der Waals surface area contributed by atoms with Crippen LogP contribution in [0, 0.1) is 0 Å². The molecule has 2 rings (SSSR count). The topological polar surface area (TPSA) is 83.6 Å². The number of aromatic nitrogens is 1. The van der Waals surface area contributed by atoms with E-state index in [0.29, 0.717) is 38.2 Å². The standard InChI is InChI=1S/C17H26N4O3/c1-4-24-17(23)21-9-6-13(7-10-21)20-16(22)15-11-14(5-8-18-15)19-12(2)3/h5,8,11-13H,4,6-7,9-10H2,1-3H3,(H,18,19)(H,20,22). The summed E-state index contributed by atoms with van der Waals surface area (Å²) in [5.74, 6) is -0.183. The van der Waals surface area contributed by atoms with Crippen molar-refractivity contribution >= 4 is 17.7 Å². The zero-order valence-corrected chi connectivity index (χ0v) is 14.5. The van der Waals surface area contributed by atoms with Crippen LogP contribution in [-0.2, 0) is 4.74 Å². The van der Waals surface area contributed by atoms with Crippen molar-refractivity contribution in [2.75, 3.05) is 25.0 Å². The van der Waals surface area contributed by atoms with E-state index in [1.165, 1.54) is 0 Å². The van der Waals surface area contributed by atoms with E-state index in [9.17, 15) is 9.59 Å². The van der Waals surface area contributed by atoms with Crippen LogP contribution in [-0.4, -0.2) is 53.7 Å². The number of likely N-dealkylation sites (tertiary alicyclic amines) is 1. The summed E-state index contributed by atoms with van der Waals surface area (Å²) >= 11 is 0. The number of carbonyl (C=O) groups excluding carboxylic acids is 2. The molecule has 1 aromatic heterocycles. The number of nitrogens with zero attached hydrogens (tertiary/aromatic N) is 2. The van der Waals surface area contributed by atoms with Crippen molar-refractivity contribution in [1.82, 2.24) is 15.2 Å². The van der Waals surface area contributed by atoms with Crippen molar-refractivity contribution < 1.29 is 14.3 Å². The minimum atomic E-state index is -0.281. The van der Waals surface area contributed by atoms with Gasteiger partial charge in [0.2, 0.25) is 0 Å². The maximum atomic E-state index is 12.4. The number of nitrogens with one attached hydrogen (secondary N) is 2. The van der Waals surface area contributed by atoms with Gasteiger partial charge in [0, 0.05) is 37.1 Å². The highest BCUT2D eigenvalue weighted by atomic mass is 16.6. The van der Waals surface area contributed by atoms with Gasteiger partial charge in [0.25, 0.3) is 5.91 Å². The van der Waals surface area contributed by atoms with Gasteiger partial charge >= 0.3 is 6.09 Å². The lowest BCUT2D eigenvalue weighted by molar-refractivity contribution is 0.0856. The van der Waals surface area contributed by atoms with Gasteiger partial charge < -0.3 is 20.3 Å². The van der Waals surface area contributed by atoms with E-state index >= 15 is 0 Å². The molecule has 2 heterocycles. The Kier molecular flexibility index (Phi) is 6.40. The summed E-state index contributed by atoms with van der Waals surface area (Å²) in [6, 6.07) is 3.93. The lowest BCUT2D eigenvalue weighted by Gasteiger charge is -2.31. The molecule has 0 saturated carbocycles. The Morgan fingerprint density at radius 2 is 2.08 bits per heavy atom. The van der Waals surface area contributed by atoms with Crippen LogP contribution in [0.15, 0.2) is 18.3 Å². The first-order valence-corrected chi connectivity index (χ1v) is 8.44. The largest absolute Gasteiger partial charge is 0.450 e. The normalized spacial score (nSPS) is 15.2. The molecule has 132 valence electrons. The van der Waals surface area contributed by atoms with Crippen LogP contribution in [0.2, 0.25) is 0 Å². The van der Waals surface area contributed by atoms with Crippen molar-refractivity contribution in [3.63, 3.8) is 0 Å². The molecule has 7 heteroatoms. The number of anilines is 1. The molecule has 0 aromatic carbocycles. The van der Waals surface area contributed by atoms with E-state index in [0.717, 1.165) is 5.69 Å². The molecule has 1 fully saturated rings. The first-order chi connectivity index (χ1) is 11.5. The number of amides is 2. The zero-order chi connectivity index (χ0) is 17.5. The molecule has 1 aliphatic rings. The summed E-state index contributed by atoms with van der Waals surface area (Å²) in [5.41, 5.74) is 1.27. The third kappa shape index (κ3) is 5.11. The van der Waals surface area contributed by atoms with Gasteiger partial charge in [-0.1, -0.05) is 0 Å². The molecule has 0 aliphatic carbocycles. The molecule has 1 aliphatic heterocycles. The highest BCUT2D eigenvalue weighted by Gasteiger charge is 2.25. The number of rotatable bonds is 5. The van der Waals surface area contributed by atoms with Gasteiger partial charge in [-0.2, -0.15) is 0 Å². The Labute approximate surface area is 142 Å². The average molecular weight is 334 g/mol. The van der Waals surface area contributed by atoms with E-state index in [-0.39, 0.29) is 24.1 Å².